The van der Waals surface area contributed by atoms with E-state index in [1.165, 1.54) is 19.2 Å². The average Bonchev–Trinajstić information content (AvgIpc) is 2.50. The van der Waals surface area contributed by atoms with Crippen molar-refractivity contribution in [3.63, 3.8) is 0 Å². The standard InChI is InChI=1S/C8H7FO2.C7H5BrO2/c1-11-8-3-2-6(5-10)4-7(8)9;8-6-3-1-2-5(4-9)7(6)10/h2-5H,1H3;1-4,10H. The number of aromatic hydroxyl groups is 1. The van der Waals surface area contributed by atoms with Crippen LogP contribution in [-0.4, -0.2) is 24.8 Å². The zero-order valence-electron chi connectivity index (χ0n) is 11.0. The van der Waals surface area contributed by atoms with Gasteiger partial charge in [0.05, 0.1) is 17.1 Å². The van der Waals surface area contributed by atoms with Crippen molar-refractivity contribution < 1.29 is 23.8 Å². The van der Waals surface area contributed by atoms with E-state index < -0.39 is 5.82 Å². The molecule has 0 aliphatic carbocycles. The normalized spacial score (nSPS) is 9.29. The fraction of sp³-hybridized carbons (Fsp3) is 0.0667. The van der Waals surface area contributed by atoms with Gasteiger partial charge >= 0.3 is 0 Å². The molecule has 0 spiro atoms. The molecule has 0 fully saturated rings. The van der Waals surface area contributed by atoms with E-state index >= 15 is 0 Å². The van der Waals surface area contributed by atoms with Crippen LogP contribution < -0.4 is 4.74 Å². The Morgan fingerprint density at radius 3 is 2.38 bits per heavy atom. The first-order valence-electron chi connectivity index (χ1n) is 5.74. The fourth-order valence-electron chi connectivity index (χ4n) is 1.38. The van der Waals surface area contributed by atoms with Crippen LogP contribution >= 0.6 is 15.9 Å². The number of rotatable bonds is 3. The van der Waals surface area contributed by atoms with Crippen molar-refractivity contribution in [1.29, 1.82) is 0 Å². The molecular formula is C15H12BrFO4. The Morgan fingerprint density at radius 2 is 1.90 bits per heavy atom. The summed E-state index contributed by atoms with van der Waals surface area (Å²) in [7, 11) is 1.37. The lowest BCUT2D eigenvalue weighted by Crippen LogP contribution is -1.89. The molecule has 0 heterocycles. The molecule has 1 N–H and O–H groups in total. The Labute approximate surface area is 129 Å². The Morgan fingerprint density at radius 1 is 1.19 bits per heavy atom. The van der Waals surface area contributed by atoms with Crippen molar-refractivity contribution >= 4 is 28.5 Å². The van der Waals surface area contributed by atoms with Crippen LogP contribution in [0.3, 0.4) is 0 Å². The first-order chi connectivity index (χ1) is 10.0. The van der Waals surface area contributed by atoms with E-state index in [-0.39, 0.29) is 11.5 Å². The maximum Gasteiger partial charge on any atom is 0.165 e. The van der Waals surface area contributed by atoms with E-state index in [1.54, 1.807) is 18.2 Å². The van der Waals surface area contributed by atoms with Crippen LogP contribution in [0.4, 0.5) is 4.39 Å². The molecule has 0 saturated heterocycles. The van der Waals surface area contributed by atoms with E-state index in [0.29, 0.717) is 28.2 Å². The molecule has 0 atom stereocenters. The molecule has 0 aromatic heterocycles. The number of ether oxygens (including phenoxy) is 1. The molecule has 110 valence electrons. The Hall–Kier alpha value is -2.21. The number of hydrogen-bond acceptors (Lipinski definition) is 4. The zero-order chi connectivity index (χ0) is 15.8. The molecule has 2 rings (SSSR count). The van der Waals surface area contributed by atoms with Gasteiger partial charge in [-0.2, -0.15) is 0 Å². The average molecular weight is 355 g/mol. The summed E-state index contributed by atoms with van der Waals surface area (Å²) < 4.78 is 17.9. The number of para-hydroxylation sites is 1. The predicted octanol–water partition coefficient (Wildman–Crippen LogP) is 3.61. The molecule has 6 heteroatoms. The molecule has 2 aromatic rings. The van der Waals surface area contributed by atoms with Crippen LogP contribution in [0.15, 0.2) is 40.9 Å². The number of aldehydes is 2. The first-order valence-corrected chi connectivity index (χ1v) is 6.54. The molecule has 0 bridgehead atoms. The predicted molar refractivity (Wildman–Crippen MR) is 79.5 cm³/mol. The van der Waals surface area contributed by atoms with Gasteiger partial charge in [-0.3, -0.25) is 9.59 Å². The van der Waals surface area contributed by atoms with Gasteiger partial charge in [0.15, 0.2) is 17.9 Å². The van der Waals surface area contributed by atoms with Gasteiger partial charge in [0.1, 0.15) is 12.0 Å². The van der Waals surface area contributed by atoms with Crippen LogP contribution in [-0.2, 0) is 0 Å². The van der Waals surface area contributed by atoms with E-state index in [2.05, 4.69) is 20.7 Å². The SMILES string of the molecule is COc1ccc(C=O)cc1F.O=Cc1cccc(Br)c1O. The summed E-state index contributed by atoms with van der Waals surface area (Å²) in [4.78, 5) is 20.3. The summed E-state index contributed by atoms with van der Waals surface area (Å²) in [5.41, 5.74) is 0.609. The molecule has 2 aromatic carbocycles. The molecule has 4 nitrogen and oxygen atoms in total. The third-order valence-electron chi connectivity index (χ3n) is 2.46. The summed E-state index contributed by atoms with van der Waals surface area (Å²) in [6, 6.07) is 8.95. The highest BCUT2D eigenvalue weighted by Crippen LogP contribution is 2.25. The van der Waals surface area contributed by atoms with Gasteiger partial charge in [-0.25, -0.2) is 4.39 Å². The Balaban J connectivity index is 0.000000211. The minimum Gasteiger partial charge on any atom is -0.506 e. The van der Waals surface area contributed by atoms with Crippen LogP contribution in [0.5, 0.6) is 11.5 Å². The first kappa shape index (κ1) is 16.8. The Bertz CT molecular complexity index is 644. The van der Waals surface area contributed by atoms with E-state index in [9.17, 15) is 14.0 Å². The second-order valence-corrected chi connectivity index (χ2v) is 4.66. The van der Waals surface area contributed by atoms with Crippen LogP contribution in [0.1, 0.15) is 20.7 Å². The van der Waals surface area contributed by atoms with Gasteiger partial charge < -0.3 is 9.84 Å². The highest BCUT2D eigenvalue weighted by Gasteiger charge is 2.02. The summed E-state index contributed by atoms with van der Waals surface area (Å²) in [6.45, 7) is 0. The summed E-state index contributed by atoms with van der Waals surface area (Å²) in [5, 5.41) is 9.12. The monoisotopic (exact) mass is 354 g/mol. The van der Waals surface area contributed by atoms with Crippen molar-refractivity contribution in [2.75, 3.05) is 7.11 Å². The minimum absolute atomic E-state index is 0.00231. The topological polar surface area (TPSA) is 63.6 Å². The number of hydrogen-bond donors (Lipinski definition) is 1. The molecule has 0 aliphatic rings. The second kappa shape index (κ2) is 8.16. The van der Waals surface area contributed by atoms with E-state index in [1.807, 2.05) is 0 Å². The third kappa shape index (κ3) is 4.68. The number of carbonyl (C=O) groups is 2. The second-order valence-electron chi connectivity index (χ2n) is 3.81. The minimum atomic E-state index is -0.517. The molecule has 0 radical (unpaired) electrons. The van der Waals surface area contributed by atoms with Crippen molar-refractivity contribution in [3.05, 3.63) is 57.8 Å². The van der Waals surface area contributed by atoms with E-state index in [4.69, 9.17) is 5.11 Å². The quantitative estimate of drug-likeness (QED) is 0.855. The van der Waals surface area contributed by atoms with Gasteiger partial charge in [-0.05, 0) is 46.3 Å². The van der Waals surface area contributed by atoms with E-state index in [0.717, 1.165) is 6.07 Å². The lowest BCUT2D eigenvalue weighted by Gasteiger charge is -1.99. The summed E-state index contributed by atoms with van der Waals surface area (Å²) in [6.07, 6.45) is 1.20. The number of methoxy groups -OCH3 is 1. The summed E-state index contributed by atoms with van der Waals surface area (Å²) >= 11 is 3.08. The zero-order valence-corrected chi connectivity index (χ0v) is 12.6. The molecule has 0 saturated carbocycles. The highest BCUT2D eigenvalue weighted by molar-refractivity contribution is 9.10. The number of benzene rings is 2. The molecule has 0 unspecified atom stereocenters. The van der Waals surface area contributed by atoms with Crippen molar-refractivity contribution in [2.45, 2.75) is 0 Å². The van der Waals surface area contributed by atoms with Gasteiger partial charge in [-0.1, -0.05) is 6.07 Å². The number of carbonyl (C=O) groups excluding carboxylic acids is 2. The van der Waals surface area contributed by atoms with Crippen molar-refractivity contribution in [1.82, 2.24) is 0 Å². The molecule has 0 aliphatic heterocycles. The largest absolute Gasteiger partial charge is 0.506 e. The Kier molecular flexibility index (Phi) is 6.55. The van der Waals surface area contributed by atoms with Gasteiger partial charge in [0.25, 0.3) is 0 Å². The number of phenolic OH excluding ortho intramolecular Hbond substituents is 1. The van der Waals surface area contributed by atoms with Crippen LogP contribution in [0.25, 0.3) is 0 Å². The molecule has 0 amide bonds. The van der Waals surface area contributed by atoms with Crippen LogP contribution in [0, 0.1) is 5.82 Å². The fourth-order valence-corrected chi connectivity index (χ4v) is 1.76. The maximum atomic E-state index is 12.8. The number of phenols is 1. The number of halogens is 2. The van der Waals surface area contributed by atoms with Gasteiger partial charge in [-0.15, -0.1) is 0 Å². The molecular weight excluding hydrogens is 343 g/mol. The molecule has 21 heavy (non-hydrogen) atoms. The van der Waals surface area contributed by atoms with Crippen molar-refractivity contribution in [3.8, 4) is 11.5 Å². The maximum absolute atomic E-state index is 12.8. The summed E-state index contributed by atoms with van der Waals surface area (Å²) in [5.74, 6) is -0.370. The van der Waals surface area contributed by atoms with Crippen LogP contribution in [0.2, 0.25) is 0 Å². The lowest BCUT2D eigenvalue weighted by molar-refractivity contribution is 0.111. The van der Waals surface area contributed by atoms with Gasteiger partial charge in [0.2, 0.25) is 0 Å². The third-order valence-corrected chi connectivity index (χ3v) is 3.10. The van der Waals surface area contributed by atoms with Crippen molar-refractivity contribution in [2.24, 2.45) is 0 Å². The van der Waals surface area contributed by atoms with Gasteiger partial charge in [0, 0.05) is 5.56 Å². The highest BCUT2D eigenvalue weighted by atomic mass is 79.9. The lowest BCUT2D eigenvalue weighted by atomic mass is 10.2. The smallest absolute Gasteiger partial charge is 0.165 e.